The van der Waals surface area contributed by atoms with Gasteiger partial charge in [-0.2, -0.15) is 8.42 Å². The van der Waals surface area contributed by atoms with Crippen LogP contribution in [0.15, 0.2) is 23.3 Å². The summed E-state index contributed by atoms with van der Waals surface area (Å²) in [6.07, 6.45) is 20.4. The molecule has 6 rings (SSSR count). The molecule has 262 valence electrons. The summed E-state index contributed by atoms with van der Waals surface area (Å²) in [5.41, 5.74) is 3.10. The van der Waals surface area contributed by atoms with E-state index in [1.165, 1.54) is 18.2 Å². The quantitative estimate of drug-likeness (QED) is 0.206. The Bertz CT molecular complexity index is 1220. The van der Waals surface area contributed by atoms with E-state index in [0.29, 0.717) is 23.7 Å². The Morgan fingerprint density at radius 2 is 1.57 bits per heavy atom. The van der Waals surface area contributed by atoms with Crippen LogP contribution in [0.2, 0.25) is 0 Å². The van der Waals surface area contributed by atoms with Crippen LogP contribution in [0.25, 0.3) is 0 Å². The molecule has 0 aromatic carbocycles. The van der Waals surface area contributed by atoms with Gasteiger partial charge in [-0.3, -0.25) is 4.18 Å². The van der Waals surface area contributed by atoms with Crippen LogP contribution in [0.4, 0.5) is 0 Å². The van der Waals surface area contributed by atoms with Crippen LogP contribution in [0.1, 0.15) is 125 Å². The van der Waals surface area contributed by atoms with Crippen molar-refractivity contribution in [2.75, 3.05) is 19.5 Å². The van der Waals surface area contributed by atoms with E-state index in [1.54, 1.807) is 5.57 Å². The zero-order valence-electron chi connectivity index (χ0n) is 29.5. The van der Waals surface area contributed by atoms with Crippen LogP contribution in [0.5, 0.6) is 0 Å². The third-order valence-electron chi connectivity index (χ3n) is 13.2. The van der Waals surface area contributed by atoms with Gasteiger partial charge in [0.2, 0.25) is 0 Å². The lowest BCUT2D eigenvalue weighted by Crippen LogP contribution is -2.55. The third-order valence-corrected chi connectivity index (χ3v) is 13.8. The van der Waals surface area contributed by atoms with E-state index in [1.807, 2.05) is 0 Å². The van der Waals surface area contributed by atoms with E-state index in [0.717, 1.165) is 96.7 Å². The third kappa shape index (κ3) is 7.23. The van der Waals surface area contributed by atoms with Gasteiger partial charge in [0, 0.05) is 25.0 Å². The highest BCUT2D eigenvalue weighted by atomic mass is 32.2. The zero-order chi connectivity index (χ0) is 32.7. The predicted octanol–water partition coefficient (Wildman–Crippen LogP) is 8.34. The number of allylic oxidation sites excluding steroid dienone is 3. The summed E-state index contributed by atoms with van der Waals surface area (Å²) in [7, 11) is -3.53. The molecule has 0 radical (unpaired) electrons. The average Bonchev–Trinajstić information content (AvgIpc) is 3.37. The van der Waals surface area contributed by atoms with Crippen LogP contribution >= 0.6 is 0 Å². The first kappa shape index (κ1) is 35.1. The van der Waals surface area contributed by atoms with Gasteiger partial charge >= 0.3 is 0 Å². The number of hydrogen-bond donors (Lipinski definition) is 0. The molecular formula is C38H62O7S. The SMILES string of the molecule is CC(C)CCC(OS(C)(=O)=O)[C@@H](C)[C@H]1CC[C@H]2C3=CC=C4C[C@@H](OC5CCCCO5)C[C@H](OC5CCCCO5)[C@]4(C)[C@H]3CC[C@]12C. The number of fused-ring (bicyclic) bond motifs is 5. The molecule has 8 heteroatoms. The van der Waals surface area contributed by atoms with Gasteiger partial charge in [0.05, 0.1) is 24.6 Å². The van der Waals surface area contributed by atoms with Crippen molar-refractivity contribution in [3.05, 3.63) is 23.3 Å². The minimum atomic E-state index is -3.53. The molecule has 0 N–H and O–H groups in total. The average molecular weight is 663 g/mol. The molecule has 6 aliphatic rings. The van der Waals surface area contributed by atoms with Crippen molar-refractivity contribution in [3.8, 4) is 0 Å². The molecule has 3 saturated carbocycles. The largest absolute Gasteiger partial charge is 0.353 e. The van der Waals surface area contributed by atoms with E-state index in [4.69, 9.17) is 23.1 Å². The summed E-state index contributed by atoms with van der Waals surface area (Å²) in [5.74, 6) is 2.05. The van der Waals surface area contributed by atoms with Crippen molar-refractivity contribution >= 4 is 10.1 Å². The molecule has 0 amide bonds. The summed E-state index contributed by atoms with van der Waals surface area (Å²) in [6, 6.07) is 0. The van der Waals surface area contributed by atoms with Crippen molar-refractivity contribution in [3.63, 3.8) is 0 Å². The minimum Gasteiger partial charge on any atom is -0.353 e. The lowest BCUT2D eigenvalue weighted by atomic mass is 9.49. The van der Waals surface area contributed by atoms with Crippen molar-refractivity contribution in [1.82, 2.24) is 0 Å². The fourth-order valence-corrected chi connectivity index (χ4v) is 11.3. The number of ether oxygens (including phenoxy) is 4. The van der Waals surface area contributed by atoms with Crippen LogP contribution in [0, 0.1) is 40.4 Å². The second kappa shape index (κ2) is 14.2. The highest BCUT2D eigenvalue weighted by Gasteiger charge is 2.60. The molecule has 0 aromatic heterocycles. The molecule has 2 heterocycles. The predicted molar refractivity (Wildman–Crippen MR) is 180 cm³/mol. The Hall–Kier alpha value is -0.770. The second-order valence-electron chi connectivity index (χ2n) is 16.6. The summed E-state index contributed by atoms with van der Waals surface area (Å²) < 4.78 is 56.4. The molecule has 5 fully saturated rings. The van der Waals surface area contributed by atoms with Crippen LogP contribution in [0.3, 0.4) is 0 Å². The molecule has 46 heavy (non-hydrogen) atoms. The molecule has 0 spiro atoms. The van der Waals surface area contributed by atoms with E-state index < -0.39 is 10.1 Å². The Labute approximate surface area is 279 Å². The second-order valence-corrected chi connectivity index (χ2v) is 18.2. The van der Waals surface area contributed by atoms with Gasteiger partial charge in [0.15, 0.2) is 12.6 Å². The van der Waals surface area contributed by atoms with E-state index in [-0.39, 0.29) is 47.6 Å². The molecule has 2 saturated heterocycles. The van der Waals surface area contributed by atoms with Crippen molar-refractivity contribution < 1.29 is 31.5 Å². The van der Waals surface area contributed by atoms with Gasteiger partial charge < -0.3 is 18.9 Å². The van der Waals surface area contributed by atoms with Gasteiger partial charge in [-0.1, -0.05) is 57.9 Å². The molecule has 2 aliphatic heterocycles. The maximum absolute atomic E-state index is 12.4. The normalized spacial score (nSPS) is 41.2. The summed E-state index contributed by atoms with van der Waals surface area (Å²) in [5, 5.41) is 0. The first-order chi connectivity index (χ1) is 21.9. The summed E-state index contributed by atoms with van der Waals surface area (Å²) in [6.45, 7) is 13.2. The molecule has 11 atom stereocenters. The van der Waals surface area contributed by atoms with Gasteiger partial charge in [-0.25, -0.2) is 0 Å². The zero-order valence-corrected chi connectivity index (χ0v) is 30.3. The van der Waals surface area contributed by atoms with Gasteiger partial charge in [0.25, 0.3) is 10.1 Å². The molecule has 4 aliphatic carbocycles. The Balaban J connectivity index is 1.25. The van der Waals surface area contributed by atoms with Gasteiger partial charge in [-0.15, -0.1) is 0 Å². The molecule has 3 unspecified atom stereocenters. The summed E-state index contributed by atoms with van der Waals surface area (Å²) in [4.78, 5) is 0. The fraction of sp³-hybridized carbons (Fsp3) is 0.895. The molecule has 7 nitrogen and oxygen atoms in total. The van der Waals surface area contributed by atoms with Crippen molar-refractivity contribution in [2.45, 2.75) is 155 Å². The maximum atomic E-state index is 12.4. The lowest BCUT2D eigenvalue weighted by Gasteiger charge is -2.58. The van der Waals surface area contributed by atoms with E-state index >= 15 is 0 Å². The van der Waals surface area contributed by atoms with Gasteiger partial charge in [0.1, 0.15) is 0 Å². The smallest absolute Gasteiger partial charge is 0.264 e. The maximum Gasteiger partial charge on any atom is 0.264 e. The lowest BCUT2D eigenvalue weighted by molar-refractivity contribution is -0.242. The highest BCUT2D eigenvalue weighted by molar-refractivity contribution is 7.86. The Morgan fingerprint density at radius 1 is 0.870 bits per heavy atom. The Morgan fingerprint density at radius 3 is 2.20 bits per heavy atom. The fourth-order valence-electron chi connectivity index (χ4n) is 10.6. The molecular weight excluding hydrogens is 600 g/mol. The van der Waals surface area contributed by atoms with Gasteiger partial charge in [-0.05, 0) is 118 Å². The summed E-state index contributed by atoms with van der Waals surface area (Å²) >= 11 is 0. The van der Waals surface area contributed by atoms with Crippen LogP contribution in [-0.2, 0) is 33.2 Å². The Kier molecular flexibility index (Phi) is 10.8. The van der Waals surface area contributed by atoms with Crippen LogP contribution < -0.4 is 0 Å². The van der Waals surface area contributed by atoms with Crippen LogP contribution in [-0.4, -0.2) is 58.8 Å². The van der Waals surface area contributed by atoms with E-state index in [9.17, 15) is 8.42 Å². The standard InChI is InChI=1S/C38H62O7S/c1-25(2)13-18-33(45-46(6,39)40)26(3)30-16-17-31-29-15-14-27-23-28(43-35-11-7-9-21-41-35)24-34(44-36-12-8-10-22-42-36)38(27,5)32(29)19-20-37(30,31)4/h14-15,25-26,28,30-36H,7-13,16-24H2,1-6H3/t26-,28+,30+,31-,32-,33?,34-,35?,36?,37+,38-/m0/s1. The van der Waals surface area contributed by atoms with Crippen molar-refractivity contribution in [1.29, 1.82) is 0 Å². The number of rotatable bonds is 11. The first-order valence-electron chi connectivity index (χ1n) is 18.7. The molecule has 0 aromatic rings. The van der Waals surface area contributed by atoms with Crippen molar-refractivity contribution in [2.24, 2.45) is 40.4 Å². The highest BCUT2D eigenvalue weighted by Crippen LogP contribution is 2.66. The minimum absolute atomic E-state index is 0.0296. The first-order valence-corrected chi connectivity index (χ1v) is 20.5. The topological polar surface area (TPSA) is 80.3 Å². The molecule has 0 bridgehead atoms. The monoisotopic (exact) mass is 662 g/mol. The van der Waals surface area contributed by atoms with E-state index in [2.05, 4.69) is 46.8 Å². The number of hydrogen-bond acceptors (Lipinski definition) is 7.